The van der Waals surface area contributed by atoms with Gasteiger partial charge in [-0.15, -0.1) is 0 Å². The Bertz CT molecular complexity index is 797. The largest absolute Gasteiger partial charge is 0.355 e. The molecule has 3 rings (SSSR count). The van der Waals surface area contributed by atoms with Gasteiger partial charge in [0.1, 0.15) is 0 Å². The molecule has 0 aliphatic carbocycles. The predicted molar refractivity (Wildman–Crippen MR) is 97.4 cm³/mol. The second-order valence-electron chi connectivity index (χ2n) is 7.21. The lowest BCUT2D eigenvalue weighted by atomic mass is 9.87. The monoisotopic (exact) mass is 337 g/mol. The van der Waals surface area contributed by atoms with Crippen molar-refractivity contribution in [3.8, 4) is 0 Å². The minimum absolute atomic E-state index is 0.123. The van der Waals surface area contributed by atoms with Gasteiger partial charge in [-0.2, -0.15) is 0 Å². The average Bonchev–Trinajstić information content (AvgIpc) is 2.59. The van der Waals surface area contributed by atoms with Crippen LogP contribution in [0.5, 0.6) is 0 Å². The molecule has 1 unspecified atom stereocenters. The SMILES string of the molecule is Cc1ccc(C(C)(C)CNC(=O)C2CC(=O)Nc3ccccc32)nc1. The Kier molecular flexibility index (Phi) is 4.57. The van der Waals surface area contributed by atoms with Crippen LogP contribution >= 0.6 is 0 Å². The molecule has 5 nitrogen and oxygen atoms in total. The molecule has 0 saturated carbocycles. The van der Waals surface area contributed by atoms with Gasteiger partial charge in [-0.1, -0.05) is 38.1 Å². The van der Waals surface area contributed by atoms with Crippen molar-refractivity contribution < 1.29 is 9.59 Å². The zero-order valence-corrected chi connectivity index (χ0v) is 14.8. The van der Waals surface area contributed by atoms with Crippen LogP contribution in [0.15, 0.2) is 42.6 Å². The maximum Gasteiger partial charge on any atom is 0.228 e. The lowest BCUT2D eigenvalue weighted by Crippen LogP contribution is -2.41. The highest BCUT2D eigenvalue weighted by atomic mass is 16.2. The Hall–Kier alpha value is -2.69. The lowest BCUT2D eigenvalue weighted by molar-refractivity contribution is -0.126. The van der Waals surface area contributed by atoms with Crippen LogP contribution in [0.2, 0.25) is 0 Å². The van der Waals surface area contributed by atoms with Crippen molar-refractivity contribution in [2.24, 2.45) is 0 Å². The zero-order chi connectivity index (χ0) is 18.0. The molecule has 0 fully saturated rings. The number of benzene rings is 1. The van der Waals surface area contributed by atoms with Crippen molar-refractivity contribution in [3.63, 3.8) is 0 Å². The number of aryl methyl sites for hydroxylation is 1. The molecule has 1 aromatic carbocycles. The molecule has 2 amide bonds. The molecule has 0 radical (unpaired) electrons. The van der Waals surface area contributed by atoms with Crippen LogP contribution in [-0.2, 0) is 15.0 Å². The first-order valence-corrected chi connectivity index (χ1v) is 8.46. The zero-order valence-electron chi connectivity index (χ0n) is 14.8. The van der Waals surface area contributed by atoms with Crippen LogP contribution in [0.4, 0.5) is 5.69 Å². The van der Waals surface area contributed by atoms with Crippen molar-refractivity contribution in [1.29, 1.82) is 0 Å². The normalized spacial score (nSPS) is 16.8. The molecular weight excluding hydrogens is 314 g/mol. The number of aromatic nitrogens is 1. The first kappa shape index (κ1) is 17.1. The third-order valence-electron chi connectivity index (χ3n) is 4.63. The number of rotatable bonds is 4. The van der Waals surface area contributed by atoms with Gasteiger partial charge in [0, 0.05) is 36.0 Å². The van der Waals surface area contributed by atoms with E-state index in [1.54, 1.807) is 0 Å². The Morgan fingerprint density at radius 3 is 2.76 bits per heavy atom. The predicted octanol–water partition coefficient (Wildman–Crippen LogP) is 2.91. The Labute approximate surface area is 147 Å². The quantitative estimate of drug-likeness (QED) is 0.901. The van der Waals surface area contributed by atoms with Crippen LogP contribution in [0.3, 0.4) is 0 Å². The topological polar surface area (TPSA) is 71.1 Å². The standard InChI is InChI=1S/C20H23N3O2/c1-13-8-9-17(21-11-13)20(2,3)12-22-19(25)15-10-18(24)23-16-7-5-4-6-14(15)16/h4-9,11,15H,10,12H2,1-3H3,(H,22,25)(H,23,24). The van der Waals surface area contributed by atoms with Gasteiger partial charge in [0.25, 0.3) is 0 Å². The highest BCUT2D eigenvalue weighted by molar-refractivity contribution is 6.01. The van der Waals surface area contributed by atoms with Gasteiger partial charge in [0.05, 0.1) is 5.92 Å². The molecule has 0 spiro atoms. The number of fused-ring (bicyclic) bond motifs is 1. The third kappa shape index (κ3) is 3.71. The summed E-state index contributed by atoms with van der Waals surface area (Å²) in [5, 5.41) is 5.83. The van der Waals surface area contributed by atoms with E-state index in [4.69, 9.17) is 0 Å². The van der Waals surface area contributed by atoms with Crippen molar-refractivity contribution >= 4 is 17.5 Å². The molecule has 5 heteroatoms. The van der Waals surface area contributed by atoms with Crippen molar-refractivity contribution in [1.82, 2.24) is 10.3 Å². The first-order valence-electron chi connectivity index (χ1n) is 8.46. The Morgan fingerprint density at radius 2 is 2.04 bits per heavy atom. The summed E-state index contributed by atoms with van der Waals surface area (Å²) in [5.74, 6) is -0.701. The van der Waals surface area contributed by atoms with Gasteiger partial charge in [0.15, 0.2) is 0 Å². The number of carbonyl (C=O) groups is 2. The summed E-state index contributed by atoms with van der Waals surface area (Å²) in [7, 11) is 0. The van der Waals surface area contributed by atoms with E-state index in [0.29, 0.717) is 6.54 Å². The molecule has 1 aliphatic heterocycles. The molecule has 130 valence electrons. The second kappa shape index (κ2) is 6.67. The number of nitrogens with zero attached hydrogens (tertiary/aromatic N) is 1. The molecule has 2 aromatic rings. The number of hydrogen-bond donors (Lipinski definition) is 2. The van der Waals surface area contributed by atoms with Crippen molar-refractivity contribution in [2.45, 2.75) is 38.5 Å². The summed E-state index contributed by atoms with van der Waals surface area (Å²) in [6.07, 6.45) is 2.01. The molecule has 25 heavy (non-hydrogen) atoms. The average molecular weight is 337 g/mol. The van der Waals surface area contributed by atoms with E-state index in [9.17, 15) is 9.59 Å². The number of carbonyl (C=O) groups excluding carboxylic acids is 2. The number of para-hydroxylation sites is 1. The number of nitrogens with one attached hydrogen (secondary N) is 2. The maximum absolute atomic E-state index is 12.7. The van der Waals surface area contributed by atoms with Crippen LogP contribution < -0.4 is 10.6 Å². The lowest BCUT2D eigenvalue weighted by Gasteiger charge is -2.28. The van der Waals surface area contributed by atoms with E-state index >= 15 is 0 Å². The minimum Gasteiger partial charge on any atom is -0.355 e. The summed E-state index contributed by atoms with van der Waals surface area (Å²) >= 11 is 0. The van der Waals surface area contributed by atoms with Gasteiger partial charge in [-0.05, 0) is 30.2 Å². The number of hydrogen-bond acceptors (Lipinski definition) is 3. The summed E-state index contributed by atoms with van der Waals surface area (Å²) in [6.45, 7) is 6.55. The summed E-state index contributed by atoms with van der Waals surface area (Å²) in [6, 6.07) is 11.5. The molecule has 1 atom stereocenters. The van der Waals surface area contributed by atoms with Crippen molar-refractivity contribution in [3.05, 3.63) is 59.4 Å². The Morgan fingerprint density at radius 1 is 1.28 bits per heavy atom. The minimum atomic E-state index is -0.452. The number of pyridine rings is 1. The fourth-order valence-corrected chi connectivity index (χ4v) is 3.04. The van der Waals surface area contributed by atoms with E-state index < -0.39 is 5.92 Å². The van der Waals surface area contributed by atoms with Gasteiger partial charge in [-0.3, -0.25) is 14.6 Å². The van der Waals surface area contributed by atoms with E-state index in [-0.39, 0.29) is 23.7 Å². The van der Waals surface area contributed by atoms with Crippen LogP contribution in [0.25, 0.3) is 0 Å². The highest BCUT2D eigenvalue weighted by Gasteiger charge is 2.31. The van der Waals surface area contributed by atoms with Crippen LogP contribution in [0, 0.1) is 6.92 Å². The van der Waals surface area contributed by atoms with Gasteiger partial charge in [0.2, 0.25) is 11.8 Å². The number of amides is 2. The van der Waals surface area contributed by atoms with Crippen LogP contribution in [-0.4, -0.2) is 23.3 Å². The number of anilines is 1. The smallest absolute Gasteiger partial charge is 0.228 e. The summed E-state index contributed by atoms with van der Waals surface area (Å²) in [4.78, 5) is 29.1. The second-order valence-corrected chi connectivity index (χ2v) is 7.21. The van der Waals surface area contributed by atoms with E-state index in [1.165, 1.54) is 0 Å². The van der Waals surface area contributed by atoms with Crippen LogP contribution in [0.1, 0.15) is 43.0 Å². The van der Waals surface area contributed by atoms with Gasteiger partial charge >= 0.3 is 0 Å². The Balaban J connectivity index is 1.72. The summed E-state index contributed by atoms with van der Waals surface area (Å²) < 4.78 is 0. The third-order valence-corrected chi connectivity index (χ3v) is 4.63. The molecule has 2 N–H and O–H groups in total. The van der Waals surface area contributed by atoms with Crippen molar-refractivity contribution in [2.75, 3.05) is 11.9 Å². The molecule has 0 saturated heterocycles. The fourth-order valence-electron chi connectivity index (χ4n) is 3.04. The fraction of sp³-hybridized carbons (Fsp3) is 0.350. The highest BCUT2D eigenvalue weighted by Crippen LogP contribution is 2.32. The van der Waals surface area contributed by atoms with E-state index in [2.05, 4.69) is 15.6 Å². The van der Waals surface area contributed by atoms with E-state index in [0.717, 1.165) is 22.5 Å². The molecule has 1 aromatic heterocycles. The molecule has 0 bridgehead atoms. The van der Waals surface area contributed by atoms with Gasteiger partial charge in [-0.25, -0.2) is 0 Å². The first-order chi connectivity index (χ1) is 11.9. The van der Waals surface area contributed by atoms with E-state index in [1.807, 2.05) is 63.4 Å². The maximum atomic E-state index is 12.7. The molecule has 2 heterocycles. The molecular formula is C20H23N3O2. The summed E-state index contributed by atoms with van der Waals surface area (Å²) in [5.41, 5.74) is 3.33. The molecule has 1 aliphatic rings. The van der Waals surface area contributed by atoms with Gasteiger partial charge < -0.3 is 10.6 Å².